The molecule has 0 saturated carbocycles. The van der Waals surface area contributed by atoms with Gasteiger partial charge >= 0.3 is 0 Å². The monoisotopic (exact) mass is 380 g/mol. The number of likely N-dealkylation sites (tertiary alicyclic amines) is 1. The van der Waals surface area contributed by atoms with Crippen LogP contribution >= 0.6 is 12.4 Å². The molecule has 146 valence electrons. The van der Waals surface area contributed by atoms with Crippen LogP contribution in [0.4, 0.5) is 0 Å². The minimum Gasteiger partial charge on any atom is -0.373 e. The summed E-state index contributed by atoms with van der Waals surface area (Å²) in [5, 5.41) is 3.46. The van der Waals surface area contributed by atoms with Crippen LogP contribution in [-0.4, -0.2) is 43.1 Å². The predicted octanol–water partition coefficient (Wildman–Crippen LogP) is 3.64. The molecule has 2 fully saturated rings. The van der Waals surface area contributed by atoms with Gasteiger partial charge in [-0.25, -0.2) is 0 Å². The Morgan fingerprint density at radius 3 is 2.62 bits per heavy atom. The van der Waals surface area contributed by atoms with Crippen LogP contribution in [0.1, 0.15) is 44.6 Å². The van der Waals surface area contributed by atoms with E-state index in [1.54, 1.807) is 0 Å². The molecule has 0 aromatic heterocycles. The quantitative estimate of drug-likeness (QED) is 0.819. The van der Waals surface area contributed by atoms with E-state index in [4.69, 9.17) is 4.74 Å². The maximum absolute atomic E-state index is 12.6. The van der Waals surface area contributed by atoms with Crippen LogP contribution in [0.15, 0.2) is 30.3 Å². The molecule has 2 aliphatic heterocycles. The molecule has 1 amide bonds. The Bertz CT molecular complexity index is 526. The highest BCUT2D eigenvalue weighted by molar-refractivity contribution is 5.85. The summed E-state index contributed by atoms with van der Waals surface area (Å²) in [6.07, 6.45) is 5.39. The summed E-state index contributed by atoms with van der Waals surface area (Å²) in [5.74, 6) is 1.47. The summed E-state index contributed by atoms with van der Waals surface area (Å²) < 4.78 is 6.03. The molecular formula is C21H33ClN2O2. The molecule has 4 nitrogen and oxygen atoms in total. The molecule has 26 heavy (non-hydrogen) atoms. The number of hydrogen-bond acceptors (Lipinski definition) is 3. The summed E-state index contributed by atoms with van der Waals surface area (Å²) in [7, 11) is 0. The maximum Gasteiger partial charge on any atom is 0.222 e. The molecule has 1 N–H and O–H groups in total. The second-order valence-electron chi connectivity index (χ2n) is 7.66. The first-order valence-corrected chi connectivity index (χ1v) is 9.86. The molecule has 2 atom stereocenters. The number of carbonyl (C=O) groups excluding carboxylic acids is 1. The molecule has 2 unspecified atom stereocenters. The lowest BCUT2D eigenvalue weighted by atomic mass is 9.85. The third-order valence-corrected chi connectivity index (χ3v) is 5.76. The van der Waals surface area contributed by atoms with Crippen LogP contribution < -0.4 is 5.32 Å². The number of halogens is 1. The second-order valence-corrected chi connectivity index (χ2v) is 7.66. The van der Waals surface area contributed by atoms with Crippen LogP contribution in [0, 0.1) is 11.8 Å². The minimum absolute atomic E-state index is 0. The zero-order chi connectivity index (χ0) is 17.5. The number of benzene rings is 1. The number of rotatable bonds is 6. The van der Waals surface area contributed by atoms with Gasteiger partial charge in [-0.05, 0) is 56.2 Å². The SMILES string of the molecule is CC(CC(=O)N1CCC(OCc2ccccc2)CC1)C1CCCNC1.Cl. The molecule has 2 saturated heterocycles. The first-order valence-electron chi connectivity index (χ1n) is 9.86. The average Bonchev–Trinajstić information content (AvgIpc) is 2.68. The van der Waals surface area contributed by atoms with Crippen molar-refractivity contribution in [1.82, 2.24) is 10.2 Å². The molecule has 3 rings (SSSR count). The van der Waals surface area contributed by atoms with E-state index < -0.39 is 0 Å². The van der Waals surface area contributed by atoms with Gasteiger partial charge in [-0.1, -0.05) is 37.3 Å². The Labute approximate surface area is 164 Å². The van der Waals surface area contributed by atoms with Gasteiger partial charge in [0, 0.05) is 19.5 Å². The van der Waals surface area contributed by atoms with E-state index in [0.717, 1.165) is 39.0 Å². The van der Waals surface area contributed by atoms with E-state index in [0.29, 0.717) is 30.8 Å². The summed E-state index contributed by atoms with van der Waals surface area (Å²) in [5.41, 5.74) is 1.22. The van der Waals surface area contributed by atoms with Crippen molar-refractivity contribution in [1.29, 1.82) is 0 Å². The molecule has 0 spiro atoms. The van der Waals surface area contributed by atoms with Gasteiger partial charge in [-0.3, -0.25) is 4.79 Å². The van der Waals surface area contributed by atoms with Gasteiger partial charge in [-0.2, -0.15) is 0 Å². The summed E-state index contributed by atoms with van der Waals surface area (Å²) >= 11 is 0. The van der Waals surface area contributed by atoms with Crippen LogP contribution in [0.5, 0.6) is 0 Å². The summed E-state index contributed by atoms with van der Waals surface area (Å²) in [6, 6.07) is 10.3. The zero-order valence-electron chi connectivity index (χ0n) is 15.9. The van der Waals surface area contributed by atoms with Crippen molar-refractivity contribution >= 4 is 18.3 Å². The molecule has 2 heterocycles. The van der Waals surface area contributed by atoms with Crippen molar-refractivity contribution in [3.05, 3.63) is 35.9 Å². The van der Waals surface area contributed by atoms with E-state index in [1.807, 2.05) is 18.2 Å². The predicted molar refractivity (Wildman–Crippen MR) is 107 cm³/mol. The minimum atomic E-state index is 0. The molecule has 1 aromatic rings. The van der Waals surface area contributed by atoms with Crippen molar-refractivity contribution in [2.75, 3.05) is 26.2 Å². The fraction of sp³-hybridized carbons (Fsp3) is 0.667. The van der Waals surface area contributed by atoms with Gasteiger partial charge in [0.1, 0.15) is 0 Å². The smallest absolute Gasteiger partial charge is 0.222 e. The van der Waals surface area contributed by atoms with Gasteiger partial charge in [0.25, 0.3) is 0 Å². The van der Waals surface area contributed by atoms with Crippen molar-refractivity contribution in [2.24, 2.45) is 11.8 Å². The Hall–Kier alpha value is -1.10. The fourth-order valence-corrected chi connectivity index (χ4v) is 4.00. The normalized spacial score (nSPS) is 22.5. The van der Waals surface area contributed by atoms with Crippen LogP contribution in [-0.2, 0) is 16.1 Å². The third-order valence-electron chi connectivity index (χ3n) is 5.76. The first-order chi connectivity index (χ1) is 12.2. The number of amides is 1. The highest BCUT2D eigenvalue weighted by atomic mass is 35.5. The molecule has 0 bridgehead atoms. The number of nitrogens with one attached hydrogen (secondary N) is 1. The van der Waals surface area contributed by atoms with E-state index in [2.05, 4.69) is 29.3 Å². The van der Waals surface area contributed by atoms with Gasteiger partial charge in [0.15, 0.2) is 0 Å². The first kappa shape index (κ1) is 21.2. The highest BCUT2D eigenvalue weighted by Crippen LogP contribution is 2.24. The zero-order valence-corrected chi connectivity index (χ0v) is 16.7. The molecule has 5 heteroatoms. The van der Waals surface area contributed by atoms with E-state index in [1.165, 1.54) is 18.4 Å². The average molecular weight is 381 g/mol. The number of ether oxygens (including phenoxy) is 1. The Balaban J connectivity index is 0.00000243. The van der Waals surface area contributed by atoms with Gasteiger partial charge in [-0.15, -0.1) is 12.4 Å². The third kappa shape index (κ3) is 6.26. The van der Waals surface area contributed by atoms with E-state index in [-0.39, 0.29) is 18.5 Å². The maximum atomic E-state index is 12.6. The summed E-state index contributed by atoms with van der Waals surface area (Å²) in [6.45, 7) is 6.80. The van der Waals surface area contributed by atoms with E-state index in [9.17, 15) is 4.79 Å². The lowest BCUT2D eigenvalue weighted by Gasteiger charge is -2.34. The van der Waals surface area contributed by atoms with Gasteiger partial charge < -0.3 is 15.0 Å². The molecule has 0 aliphatic carbocycles. The largest absolute Gasteiger partial charge is 0.373 e. The van der Waals surface area contributed by atoms with Crippen LogP contribution in [0.25, 0.3) is 0 Å². The number of hydrogen-bond donors (Lipinski definition) is 1. The standard InChI is InChI=1S/C21H32N2O2.ClH/c1-17(19-8-5-11-22-15-19)14-21(24)23-12-9-20(10-13-23)25-16-18-6-3-2-4-7-18;/h2-4,6-7,17,19-20,22H,5,8-16H2,1H3;1H. The lowest BCUT2D eigenvalue weighted by molar-refractivity contribution is -0.135. The van der Waals surface area contributed by atoms with Crippen LogP contribution in [0.3, 0.4) is 0 Å². The molecule has 1 aromatic carbocycles. The van der Waals surface area contributed by atoms with Crippen molar-refractivity contribution in [2.45, 2.75) is 51.7 Å². The Morgan fingerprint density at radius 2 is 1.96 bits per heavy atom. The number of nitrogens with zero attached hydrogens (tertiary/aromatic N) is 1. The van der Waals surface area contributed by atoms with Gasteiger partial charge in [0.2, 0.25) is 5.91 Å². The fourth-order valence-electron chi connectivity index (χ4n) is 4.00. The molecule has 2 aliphatic rings. The lowest BCUT2D eigenvalue weighted by Crippen LogP contribution is -2.42. The number of carbonyl (C=O) groups is 1. The molecule has 0 radical (unpaired) electrons. The second kappa shape index (κ2) is 10.9. The van der Waals surface area contributed by atoms with E-state index >= 15 is 0 Å². The Kier molecular flexibility index (Phi) is 8.89. The Morgan fingerprint density at radius 1 is 1.23 bits per heavy atom. The highest BCUT2D eigenvalue weighted by Gasteiger charge is 2.27. The van der Waals surface area contributed by atoms with Crippen LogP contribution in [0.2, 0.25) is 0 Å². The summed E-state index contributed by atoms with van der Waals surface area (Å²) in [4.78, 5) is 14.7. The topological polar surface area (TPSA) is 41.6 Å². The number of piperidine rings is 2. The van der Waals surface area contributed by atoms with Crippen molar-refractivity contribution in [3.63, 3.8) is 0 Å². The van der Waals surface area contributed by atoms with Crippen molar-refractivity contribution in [3.8, 4) is 0 Å². The van der Waals surface area contributed by atoms with Gasteiger partial charge in [0.05, 0.1) is 12.7 Å². The molecular weight excluding hydrogens is 348 g/mol. The van der Waals surface area contributed by atoms with Crippen molar-refractivity contribution < 1.29 is 9.53 Å².